The second-order valence-corrected chi connectivity index (χ2v) is 4.51. The molecule has 2 aromatic rings. The Morgan fingerprint density at radius 1 is 1.17 bits per heavy atom. The van der Waals surface area contributed by atoms with E-state index in [1.165, 1.54) is 5.56 Å². The van der Waals surface area contributed by atoms with Crippen LogP contribution in [-0.2, 0) is 6.54 Å². The molecule has 0 aliphatic heterocycles. The van der Waals surface area contributed by atoms with E-state index in [0.29, 0.717) is 12.5 Å². The number of ether oxygens (including phenoxy) is 1. The van der Waals surface area contributed by atoms with E-state index in [2.05, 4.69) is 31.0 Å². The van der Waals surface area contributed by atoms with Crippen molar-refractivity contribution >= 4 is 0 Å². The molecule has 2 rings (SSSR count). The van der Waals surface area contributed by atoms with Crippen LogP contribution in [0.25, 0.3) is 0 Å². The van der Waals surface area contributed by atoms with Gasteiger partial charge in [-0.2, -0.15) is 0 Å². The van der Waals surface area contributed by atoms with Crippen LogP contribution >= 0.6 is 0 Å². The first-order valence-electron chi connectivity index (χ1n) is 6.11. The maximum Gasteiger partial charge on any atom is 0.134 e. The van der Waals surface area contributed by atoms with Crippen LogP contribution in [0.4, 0.5) is 0 Å². The van der Waals surface area contributed by atoms with Gasteiger partial charge < -0.3 is 10.5 Å². The highest BCUT2D eigenvalue weighted by molar-refractivity contribution is 5.37. The van der Waals surface area contributed by atoms with E-state index < -0.39 is 0 Å². The molecule has 0 unspecified atom stereocenters. The molecule has 0 aliphatic rings. The van der Waals surface area contributed by atoms with Crippen molar-refractivity contribution in [3.8, 4) is 11.5 Å². The third kappa shape index (κ3) is 2.87. The summed E-state index contributed by atoms with van der Waals surface area (Å²) < 4.78 is 5.82. The van der Waals surface area contributed by atoms with Gasteiger partial charge in [0.15, 0.2) is 0 Å². The average molecular weight is 242 g/mol. The van der Waals surface area contributed by atoms with Crippen LogP contribution in [0.5, 0.6) is 11.5 Å². The minimum Gasteiger partial charge on any atom is -0.457 e. The topological polar surface area (TPSA) is 48.1 Å². The minimum absolute atomic E-state index is 0.424. The van der Waals surface area contributed by atoms with E-state index in [9.17, 15) is 0 Å². The van der Waals surface area contributed by atoms with Crippen molar-refractivity contribution in [1.82, 2.24) is 4.98 Å². The fourth-order valence-corrected chi connectivity index (χ4v) is 1.71. The van der Waals surface area contributed by atoms with Crippen LogP contribution in [0.3, 0.4) is 0 Å². The van der Waals surface area contributed by atoms with Crippen molar-refractivity contribution in [2.45, 2.75) is 26.3 Å². The summed E-state index contributed by atoms with van der Waals surface area (Å²) in [6.07, 6.45) is 3.44. The van der Waals surface area contributed by atoms with Crippen molar-refractivity contribution in [2.24, 2.45) is 5.73 Å². The summed E-state index contributed by atoms with van der Waals surface area (Å²) in [7, 11) is 0. The Labute approximate surface area is 108 Å². The average Bonchev–Trinajstić information content (AvgIpc) is 2.40. The molecule has 94 valence electrons. The highest BCUT2D eigenvalue weighted by Gasteiger charge is 2.04. The first-order chi connectivity index (χ1) is 8.70. The number of hydrogen-bond donors (Lipinski definition) is 1. The third-order valence-corrected chi connectivity index (χ3v) is 2.85. The van der Waals surface area contributed by atoms with Gasteiger partial charge in [-0.3, -0.25) is 4.98 Å². The molecule has 3 nitrogen and oxygen atoms in total. The second-order valence-electron chi connectivity index (χ2n) is 4.51. The fraction of sp³-hybridized carbons (Fsp3) is 0.267. The standard InChI is InChI=1S/C15H18N2O/c1-11(2)12-3-5-14(6-4-12)18-15-7-8-17-10-13(15)9-16/h3-8,10-11H,9,16H2,1-2H3. The summed E-state index contributed by atoms with van der Waals surface area (Å²) in [5.41, 5.74) is 7.86. The molecule has 0 fully saturated rings. The molecule has 0 bridgehead atoms. The van der Waals surface area contributed by atoms with Gasteiger partial charge in [-0.1, -0.05) is 26.0 Å². The molecule has 1 aromatic carbocycles. The molecule has 0 atom stereocenters. The molecule has 1 heterocycles. The van der Waals surface area contributed by atoms with E-state index in [-0.39, 0.29) is 0 Å². The monoisotopic (exact) mass is 242 g/mol. The number of benzene rings is 1. The quantitative estimate of drug-likeness (QED) is 0.893. The zero-order valence-electron chi connectivity index (χ0n) is 10.8. The number of nitrogens with zero attached hydrogens (tertiary/aromatic N) is 1. The summed E-state index contributed by atoms with van der Waals surface area (Å²) >= 11 is 0. The third-order valence-electron chi connectivity index (χ3n) is 2.85. The molecule has 18 heavy (non-hydrogen) atoms. The van der Waals surface area contributed by atoms with Gasteiger partial charge in [-0.25, -0.2) is 0 Å². The Balaban J connectivity index is 2.18. The normalized spacial score (nSPS) is 10.7. The lowest BCUT2D eigenvalue weighted by atomic mass is 10.0. The number of hydrogen-bond acceptors (Lipinski definition) is 3. The maximum atomic E-state index is 5.82. The summed E-state index contributed by atoms with van der Waals surface area (Å²) in [6, 6.07) is 9.97. The summed E-state index contributed by atoms with van der Waals surface area (Å²) in [6.45, 7) is 4.77. The van der Waals surface area contributed by atoms with Gasteiger partial charge in [0.25, 0.3) is 0 Å². The maximum absolute atomic E-state index is 5.82. The van der Waals surface area contributed by atoms with Gasteiger partial charge in [0.05, 0.1) is 0 Å². The molecule has 0 amide bonds. The molecule has 0 saturated carbocycles. The largest absolute Gasteiger partial charge is 0.457 e. The summed E-state index contributed by atoms with van der Waals surface area (Å²) in [5, 5.41) is 0. The molecule has 0 radical (unpaired) electrons. The highest BCUT2D eigenvalue weighted by Crippen LogP contribution is 2.25. The summed E-state index contributed by atoms with van der Waals surface area (Å²) in [5.74, 6) is 2.12. The van der Waals surface area contributed by atoms with E-state index in [0.717, 1.165) is 17.1 Å². The summed E-state index contributed by atoms with van der Waals surface area (Å²) in [4.78, 5) is 4.04. The predicted octanol–water partition coefficient (Wildman–Crippen LogP) is 3.46. The Bertz CT molecular complexity index is 506. The van der Waals surface area contributed by atoms with Gasteiger partial charge in [0.2, 0.25) is 0 Å². The highest BCUT2D eigenvalue weighted by atomic mass is 16.5. The van der Waals surface area contributed by atoms with Crippen LogP contribution in [0.2, 0.25) is 0 Å². The van der Waals surface area contributed by atoms with Crippen molar-refractivity contribution in [1.29, 1.82) is 0 Å². The Morgan fingerprint density at radius 2 is 1.89 bits per heavy atom. The van der Waals surface area contributed by atoms with Gasteiger partial charge in [-0.05, 0) is 29.7 Å². The van der Waals surface area contributed by atoms with Crippen molar-refractivity contribution in [3.05, 3.63) is 53.9 Å². The van der Waals surface area contributed by atoms with Crippen molar-refractivity contribution in [3.63, 3.8) is 0 Å². The molecular weight excluding hydrogens is 224 g/mol. The fourth-order valence-electron chi connectivity index (χ4n) is 1.71. The van der Waals surface area contributed by atoms with Crippen molar-refractivity contribution < 1.29 is 4.74 Å². The lowest BCUT2D eigenvalue weighted by Gasteiger charge is -2.10. The molecule has 0 spiro atoms. The first kappa shape index (κ1) is 12.6. The van der Waals surface area contributed by atoms with Crippen LogP contribution < -0.4 is 10.5 Å². The number of pyridine rings is 1. The van der Waals surface area contributed by atoms with Crippen LogP contribution in [0.1, 0.15) is 30.9 Å². The molecule has 3 heteroatoms. The van der Waals surface area contributed by atoms with Gasteiger partial charge in [0.1, 0.15) is 11.5 Å². The van der Waals surface area contributed by atoms with Crippen LogP contribution in [0.15, 0.2) is 42.7 Å². The molecule has 2 N–H and O–H groups in total. The lowest BCUT2D eigenvalue weighted by Crippen LogP contribution is -2.00. The van der Waals surface area contributed by atoms with E-state index in [1.54, 1.807) is 12.4 Å². The van der Waals surface area contributed by atoms with E-state index >= 15 is 0 Å². The first-order valence-corrected chi connectivity index (χ1v) is 6.11. The van der Waals surface area contributed by atoms with Crippen LogP contribution in [-0.4, -0.2) is 4.98 Å². The van der Waals surface area contributed by atoms with Crippen LogP contribution in [0, 0.1) is 0 Å². The van der Waals surface area contributed by atoms with E-state index in [1.807, 2.05) is 18.2 Å². The lowest BCUT2D eigenvalue weighted by molar-refractivity contribution is 0.475. The minimum atomic E-state index is 0.424. The van der Waals surface area contributed by atoms with E-state index in [4.69, 9.17) is 10.5 Å². The number of nitrogens with two attached hydrogens (primary N) is 1. The predicted molar refractivity (Wildman–Crippen MR) is 72.7 cm³/mol. The SMILES string of the molecule is CC(C)c1ccc(Oc2ccncc2CN)cc1. The zero-order valence-corrected chi connectivity index (χ0v) is 10.8. The second kappa shape index (κ2) is 5.65. The molecule has 1 aromatic heterocycles. The van der Waals surface area contributed by atoms with Gasteiger partial charge >= 0.3 is 0 Å². The Hall–Kier alpha value is -1.87. The number of rotatable bonds is 4. The van der Waals surface area contributed by atoms with Gasteiger partial charge in [-0.15, -0.1) is 0 Å². The Morgan fingerprint density at radius 3 is 2.50 bits per heavy atom. The Kier molecular flexibility index (Phi) is 3.95. The molecule has 0 aliphatic carbocycles. The zero-order chi connectivity index (χ0) is 13.0. The smallest absolute Gasteiger partial charge is 0.134 e. The van der Waals surface area contributed by atoms with Gasteiger partial charge in [0, 0.05) is 24.5 Å². The molecule has 0 saturated heterocycles. The van der Waals surface area contributed by atoms with Crippen molar-refractivity contribution in [2.75, 3.05) is 0 Å². The number of aromatic nitrogens is 1. The molecular formula is C15H18N2O.